The van der Waals surface area contributed by atoms with Crippen LogP contribution in [0.3, 0.4) is 0 Å². The minimum absolute atomic E-state index is 0.0431. The van der Waals surface area contributed by atoms with Gasteiger partial charge in [-0.3, -0.25) is 4.79 Å². The molecule has 2 heterocycles. The van der Waals surface area contributed by atoms with Crippen LogP contribution in [0.2, 0.25) is 0 Å². The maximum atomic E-state index is 12.8. The van der Waals surface area contributed by atoms with E-state index in [1.807, 2.05) is 11.8 Å². The zero-order chi connectivity index (χ0) is 19.7. The van der Waals surface area contributed by atoms with Crippen LogP contribution in [0, 0.1) is 5.41 Å². The molecule has 1 spiro atoms. The fraction of sp³-hybridized carbons (Fsp3) is 0.609. The van der Waals surface area contributed by atoms with Crippen LogP contribution in [0.15, 0.2) is 34.7 Å². The van der Waals surface area contributed by atoms with E-state index in [9.17, 15) is 4.79 Å². The summed E-state index contributed by atoms with van der Waals surface area (Å²) in [5.41, 5.74) is 2.35. The number of likely N-dealkylation sites (tertiary alicyclic amines) is 1. The number of nitrogens with zero attached hydrogens (tertiary/aromatic N) is 3. The average molecular weight is 393 g/mol. The molecular weight excluding hydrogens is 364 g/mol. The molecule has 1 saturated heterocycles. The zero-order valence-electron chi connectivity index (χ0n) is 17.0. The van der Waals surface area contributed by atoms with Crippen LogP contribution in [0.5, 0.6) is 0 Å². The number of carbonyl (C=O) groups is 1. The second-order valence-corrected chi connectivity index (χ2v) is 10.1. The molecule has 4 aliphatic carbocycles. The highest BCUT2D eigenvalue weighted by molar-refractivity contribution is 5.83. The summed E-state index contributed by atoms with van der Waals surface area (Å²) in [6, 6.07) is 10.8. The Labute approximate surface area is 171 Å². The van der Waals surface area contributed by atoms with Gasteiger partial charge in [-0.2, -0.15) is 0 Å². The molecule has 5 aliphatic rings. The average Bonchev–Trinajstić information content (AvgIpc) is 3.27. The Morgan fingerprint density at radius 1 is 1.03 bits per heavy atom. The smallest absolute Gasteiger partial charge is 0.316 e. The third-order valence-electron chi connectivity index (χ3n) is 8.10. The van der Waals surface area contributed by atoms with E-state index in [0.717, 1.165) is 51.1 Å². The monoisotopic (exact) mass is 392 g/mol. The number of amides is 1. The predicted molar refractivity (Wildman–Crippen MR) is 109 cm³/mol. The van der Waals surface area contributed by atoms with E-state index in [4.69, 9.17) is 4.42 Å². The third-order valence-corrected chi connectivity index (χ3v) is 8.10. The highest BCUT2D eigenvalue weighted by atomic mass is 16.4. The first-order valence-electron chi connectivity index (χ1n) is 11.0. The Bertz CT molecular complexity index is 919. The van der Waals surface area contributed by atoms with Gasteiger partial charge in [-0.25, -0.2) is 0 Å². The molecular formula is C23H28N4O2. The largest absolute Gasteiger partial charge is 0.408 e. The van der Waals surface area contributed by atoms with Gasteiger partial charge >= 0.3 is 6.01 Å². The topological polar surface area (TPSA) is 71.3 Å². The van der Waals surface area contributed by atoms with Gasteiger partial charge < -0.3 is 14.6 Å². The maximum Gasteiger partial charge on any atom is 0.316 e. The third kappa shape index (κ3) is 2.64. The molecule has 1 aliphatic heterocycles. The van der Waals surface area contributed by atoms with E-state index < -0.39 is 0 Å². The fourth-order valence-electron chi connectivity index (χ4n) is 6.01. The van der Waals surface area contributed by atoms with E-state index in [0.29, 0.717) is 16.8 Å². The van der Waals surface area contributed by atoms with Crippen molar-refractivity contribution in [2.75, 3.05) is 18.4 Å². The Kier molecular flexibility index (Phi) is 3.52. The number of nitrogens with one attached hydrogen (secondary N) is 1. The van der Waals surface area contributed by atoms with Crippen molar-refractivity contribution in [2.24, 2.45) is 5.41 Å². The van der Waals surface area contributed by atoms with Crippen molar-refractivity contribution < 1.29 is 9.21 Å². The molecule has 2 bridgehead atoms. The Balaban J connectivity index is 1.07. The number of carbonyl (C=O) groups excluding carboxylic acids is 1. The summed E-state index contributed by atoms with van der Waals surface area (Å²) in [6.07, 6.45) is 8.24. The van der Waals surface area contributed by atoms with Crippen molar-refractivity contribution in [3.8, 4) is 0 Å². The Morgan fingerprint density at radius 2 is 1.72 bits per heavy atom. The van der Waals surface area contributed by atoms with Crippen molar-refractivity contribution >= 4 is 11.9 Å². The normalized spacial score (nSPS) is 32.2. The summed E-state index contributed by atoms with van der Waals surface area (Å²) in [4.78, 5) is 14.8. The molecule has 0 radical (unpaired) electrons. The first-order valence-corrected chi connectivity index (χ1v) is 11.0. The molecule has 1 aromatic carbocycles. The summed E-state index contributed by atoms with van der Waals surface area (Å²) in [5.74, 6) is 0.861. The van der Waals surface area contributed by atoms with Crippen LogP contribution in [0.25, 0.3) is 0 Å². The summed E-state index contributed by atoms with van der Waals surface area (Å²) >= 11 is 0. The molecule has 2 aromatic rings. The summed E-state index contributed by atoms with van der Waals surface area (Å²) in [5, 5.41) is 11.7. The SMILES string of the molecule is C[C@@H](Nc1nnc(C23CC(c4ccccc4)(C2)C3)o1)C(=O)N1CCC2(CC1)CC2. The second kappa shape index (κ2) is 5.83. The molecule has 1 N–H and O–H groups in total. The first kappa shape index (κ1) is 17.5. The lowest BCUT2D eigenvalue weighted by Gasteiger charge is -2.69. The number of benzene rings is 1. The van der Waals surface area contributed by atoms with Crippen LogP contribution in [-0.4, -0.2) is 40.1 Å². The minimum Gasteiger partial charge on any atom is -0.408 e. The van der Waals surface area contributed by atoms with Gasteiger partial charge in [0.2, 0.25) is 11.8 Å². The van der Waals surface area contributed by atoms with Crippen molar-refractivity contribution in [3.63, 3.8) is 0 Å². The van der Waals surface area contributed by atoms with Gasteiger partial charge in [0.1, 0.15) is 6.04 Å². The molecule has 1 amide bonds. The molecule has 29 heavy (non-hydrogen) atoms. The van der Waals surface area contributed by atoms with Crippen molar-refractivity contribution in [2.45, 2.75) is 68.7 Å². The first-order chi connectivity index (χ1) is 14.0. The molecule has 6 heteroatoms. The highest BCUT2D eigenvalue weighted by Gasteiger charge is 2.71. The van der Waals surface area contributed by atoms with Crippen LogP contribution >= 0.6 is 0 Å². The molecule has 7 rings (SSSR count). The van der Waals surface area contributed by atoms with Crippen LogP contribution in [0.4, 0.5) is 6.01 Å². The van der Waals surface area contributed by atoms with Crippen molar-refractivity contribution in [1.29, 1.82) is 0 Å². The summed E-state index contributed by atoms with van der Waals surface area (Å²) in [6.45, 7) is 3.65. The molecule has 4 saturated carbocycles. The lowest BCUT2D eigenvalue weighted by Crippen LogP contribution is -2.67. The molecule has 152 valence electrons. The zero-order valence-corrected chi connectivity index (χ0v) is 17.0. The number of hydrogen-bond acceptors (Lipinski definition) is 5. The molecule has 6 nitrogen and oxygen atoms in total. The standard InChI is InChI=1S/C23H28N4O2/c1-16(18(28)27-11-9-21(7-8-21)10-12-27)24-20-26-25-19(29-20)23-13-22(14-23,15-23)17-5-3-2-4-6-17/h2-6,16H,7-15H2,1H3,(H,24,26)/t16-,22?,23?/m1/s1. The lowest BCUT2D eigenvalue weighted by atomic mass is 9.33. The van der Waals surface area contributed by atoms with E-state index in [2.05, 4.69) is 45.8 Å². The fourth-order valence-corrected chi connectivity index (χ4v) is 6.01. The highest BCUT2D eigenvalue weighted by Crippen LogP contribution is 2.73. The molecule has 5 fully saturated rings. The second-order valence-electron chi connectivity index (χ2n) is 10.1. The van der Waals surface area contributed by atoms with E-state index >= 15 is 0 Å². The number of piperidine rings is 1. The minimum atomic E-state index is -0.347. The number of hydrogen-bond donors (Lipinski definition) is 1. The number of aromatic nitrogens is 2. The number of anilines is 1. The Morgan fingerprint density at radius 3 is 2.38 bits per heavy atom. The van der Waals surface area contributed by atoms with Gasteiger partial charge in [0.15, 0.2) is 0 Å². The summed E-state index contributed by atoms with van der Waals surface area (Å²) < 4.78 is 5.96. The van der Waals surface area contributed by atoms with Gasteiger partial charge in [0, 0.05) is 13.1 Å². The van der Waals surface area contributed by atoms with E-state index in [-0.39, 0.29) is 17.4 Å². The maximum absolute atomic E-state index is 12.8. The van der Waals surface area contributed by atoms with Gasteiger partial charge in [-0.1, -0.05) is 35.4 Å². The Hall–Kier alpha value is -2.37. The van der Waals surface area contributed by atoms with Crippen molar-refractivity contribution in [3.05, 3.63) is 41.8 Å². The van der Waals surface area contributed by atoms with Crippen LogP contribution in [0.1, 0.15) is 63.3 Å². The van der Waals surface area contributed by atoms with Gasteiger partial charge in [-0.15, -0.1) is 5.10 Å². The quantitative estimate of drug-likeness (QED) is 0.841. The van der Waals surface area contributed by atoms with Gasteiger partial charge in [0.05, 0.1) is 5.41 Å². The van der Waals surface area contributed by atoms with E-state index in [1.165, 1.54) is 18.4 Å². The van der Waals surface area contributed by atoms with E-state index in [1.54, 1.807) is 0 Å². The van der Waals surface area contributed by atoms with Crippen LogP contribution in [-0.2, 0) is 15.6 Å². The van der Waals surface area contributed by atoms with Gasteiger partial charge in [0.25, 0.3) is 0 Å². The molecule has 0 unspecified atom stereocenters. The summed E-state index contributed by atoms with van der Waals surface area (Å²) in [7, 11) is 0. The molecule has 1 aromatic heterocycles. The van der Waals surface area contributed by atoms with Crippen LogP contribution < -0.4 is 5.32 Å². The van der Waals surface area contributed by atoms with Crippen molar-refractivity contribution in [1.82, 2.24) is 15.1 Å². The van der Waals surface area contributed by atoms with Gasteiger partial charge in [-0.05, 0) is 68.3 Å². The predicted octanol–water partition coefficient (Wildman–Crippen LogP) is 3.65. The lowest BCUT2D eigenvalue weighted by molar-refractivity contribution is -0.133. The molecule has 1 atom stereocenters. The number of rotatable bonds is 5.